The van der Waals surface area contributed by atoms with E-state index < -0.39 is 0 Å². The molecule has 1 aliphatic heterocycles. The zero-order chi connectivity index (χ0) is 25.1. The number of aromatic nitrogens is 4. The highest BCUT2D eigenvalue weighted by Crippen LogP contribution is 2.28. The van der Waals surface area contributed by atoms with E-state index in [0.29, 0.717) is 49.3 Å². The Hall–Kier alpha value is -4.21. The van der Waals surface area contributed by atoms with Crippen molar-refractivity contribution < 1.29 is 14.1 Å². The van der Waals surface area contributed by atoms with Gasteiger partial charge in [0.15, 0.2) is 5.52 Å². The van der Waals surface area contributed by atoms with Gasteiger partial charge in [-0.05, 0) is 49.7 Å². The molecule has 0 N–H and O–H groups in total. The lowest BCUT2D eigenvalue weighted by molar-refractivity contribution is -0.131. The second kappa shape index (κ2) is 10.2. The van der Waals surface area contributed by atoms with Crippen LogP contribution >= 0.6 is 0 Å². The molecule has 5 rings (SSSR count). The summed E-state index contributed by atoms with van der Waals surface area (Å²) in [5.74, 6) is 2.27. The number of ether oxygens (including phenoxy) is 1. The second-order valence-corrected chi connectivity index (χ2v) is 8.73. The van der Waals surface area contributed by atoms with Gasteiger partial charge >= 0.3 is 0 Å². The summed E-state index contributed by atoms with van der Waals surface area (Å²) in [6.07, 6.45) is 2.61. The van der Waals surface area contributed by atoms with Gasteiger partial charge < -0.3 is 19.1 Å². The fourth-order valence-electron chi connectivity index (χ4n) is 4.50. The number of nitrogens with zero attached hydrogens (tertiary/aromatic N) is 6. The first kappa shape index (κ1) is 23.5. The number of hydrogen-bond acceptors (Lipinski definition) is 8. The highest BCUT2D eigenvalue weighted by atomic mass is 16.5. The van der Waals surface area contributed by atoms with Crippen molar-refractivity contribution >= 4 is 22.6 Å². The molecule has 1 saturated heterocycles. The molecule has 0 aliphatic carbocycles. The van der Waals surface area contributed by atoms with Gasteiger partial charge in [-0.15, -0.1) is 0 Å². The van der Waals surface area contributed by atoms with E-state index in [0.717, 1.165) is 30.2 Å². The molecule has 1 aliphatic rings. The lowest BCUT2D eigenvalue weighted by Gasteiger charge is -2.35. The SMILES string of the molecule is COc1ccc(-c2nn(CCCC(=O)N3CCN(c4ccccn4)CC3)c(=O)c3noc(C)c23)cc1. The topological polar surface area (TPSA) is 107 Å². The molecular weight excluding hydrogens is 460 g/mol. The fourth-order valence-corrected chi connectivity index (χ4v) is 4.50. The number of benzene rings is 1. The van der Waals surface area contributed by atoms with Crippen LogP contribution in [-0.2, 0) is 11.3 Å². The van der Waals surface area contributed by atoms with Crippen molar-refractivity contribution in [2.75, 3.05) is 38.2 Å². The van der Waals surface area contributed by atoms with Crippen LogP contribution in [0.5, 0.6) is 5.75 Å². The Kier molecular flexibility index (Phi) is 6.66. The highest BCUT2D eigenvalue weighted by molar-refractivity contribution is 5.93. The molecular formula is C26H28N6O4. The van der Waals surface area contributed by atoms with Crippen LogP contribution in [0.2, 0.25) is 0 Å². The van der Waals surface area contributed by atoms with Gasteiger partial charge in [0.05, 0.1) is 12.5 Å². The minimum Gasteiger partial charge on any atom is -0.497 e. The smallest absolute Gasteiger partial charge is 0.296 e. The number of hydrogen-bond donors (Lipinski definition) is 0. The maximum absolute atomic E-state index is 13.0. The third kappa shape index (κ3) is 4.66. The standard InChI is InChI=1S/C26H28N6O4/c1-18-23-24(19-8-10-20(35-2)11-9-19)28-32(26(34)25(23)29-36-18)13-5-7-22(33)31-16-14-30(15-17-31)21-6-3-4-12-27-21/h3-4,6,8-12H,5,7,13-17H2,1-2H3. The van der Waals surface area contributed by atoms with E-state index in [2.05, 4.69) is 20.1 Å². The van der Waals surface area contributed by atoms with E-state index in [-0.39, 0.29) is 17.0 Å². The molecule has 0 unspecified atom stereocenters. The van der Waals surface area contributed by atoms with Crippen molar-refractivity contribution in [2.24, 2.45) is 0 Å². The van der Waals surface area contributed by atoms with Crippen molar-refractivity contribution in [3.63, 3.8) is 0 Å². The third-order valence-electron chi connectivity index (χ3n) is 6.49. The maximum atomic E-state index is 13.0. The van der Waals surface area contributed by atoms with Crippen LogP contribution in [0.15, 0.2) is 58.0 Å². The molecule has 1 fully saturated rings. The molecule has 10 heteroatoms. The Labute approximate surface area is 208 Å². The molecule has 4 aromatic rings. The number of fused-ring (bicyclic) bond motifs is 1. The zero-order valence-electron chi connectivity index (χ0n) is 20.4. The average molecular weight is 489 g/mol. The first-order valence-corrected chi connectivity index (χ1v) is 12.0. The molecule has 10 nitrogen and oxygen atoms in total. The maximum Gasteiger partial charge on any atom is 0.296 e. The Morgan fingerprint density at radius 2 is 1.86 bits per heavy atom. The molecule has 0 radical (unpaired) electrons. The van der Waals surface area contributed by atoms with Crippen LogP contribution in [0.4, 0.5) is 5.82 Å². The van der Waals surface area contributed by atoms with E-state index in [1.165, 1.54) is 4.68 Å². The molecule has 1 aromatic carbocycles. The Morgan fingerprint density at radius 1 is 1.08 bits per heavy atom. The third-order valence-corrected chi connectivity index (χ3v) is 6.49. The number of methoxy groups -OCH3 is 1. The van der Waals surface area contributed by atoms with E-state index in [9.17, 15) is 9.59 Å². The van der Waals surface area contributed by atoms with Gasteiger partial charge in [0.2, 0.25) is 5.91 Å². The lowest BCUT2D eigenvalue weighted by atomic mass is 10.1. The number of aryl methyl sites for hydroxylation is 2. The molecule has 0 bridgehead atoms. The van der Waals surface area contributed by atoms with Gasteiger partial charge in [0, 0.05) is 50.9 Å². The van der Waals surface area contributed by atoms with E-state index >= 15 is 0 Å². The molecule has 36 heavy (non-hydrogen) atoms. The number of pyridine rings is 1. The van der Waals surface area contributed by atoms with Crippen LogP contribution in [0.25, 0.3) is 22.2 Å². The first-order chi connectivity index (χ1) is 17.5. The number of rotatable bonds is 7. The number of anilines is 1. The van der Waals surface area contributed by atoms with E-state index in [1.807, 2.05) is 47.4 Å². The Bertz CT molecular complexity index is 1410. The number of carbonyl (C=O) groups is 1. The summed E-state index contributed by atoms with van der Waals surface area (Å²) in [5.41, 5.74) is 1.35. The highest BCUT2D eigenvalue weighted by Gasteiger charge is 2.22. The van der Waals surface area contributed by atoms with Crippen molar-refractivity contribution in [3.8, 4) is 17.0 Å². The van der Waals surface area contributed by atoms with Crippen molar-refractivity contribution in [1.29, 1.82) is 0 Å². The van der Waals surface area contributed by atoms with Crippen molar-refractivity contribution in [3.05, 3.63) is 64.8 Å². The van der Waals surface area contributed by atoms with Gasteiger partial charge in [0.1, 0.15) is 23.0 Å². The molecule has 186 valence electrons. The lowest BCUT2D eigenvalue weighted by Crippen LogP contribution is -2.49. The van der Waals surface area contributed by atoms with Gasteiger partial charge in [-0.25, -0.2) is 9.67 Å². The summed E-state index contributed by atoms with van der Waals surface area (Å²) >= 11 is 0. The van der Waals surface area contributed by atoms with Crippen LogP contribution in [-0.4, -0.2) is 64.0 Å². The fraction of sp³-hybridized carbons (Fsp3) is 0.346. The van der Waals surface area contributed by atoms with Gasteiger partial charge in [-0.1, -0.05) is 11.2 Å². The zero-order valence-corrected chi connectivity index (χ0v) is 20.4. The minimum atomic E-state index is -0.324. The Balaban J connectivity index is 1.26. The summed E-state index contributed by atoms with van der Waals surface area (Å²) < 4.78 is 12.0. The number of carbonyl (C=O) groups excluding carboxylic acids is 1. The largest absolute Gasteiger partial charge is 0.497 e. The van der Waals surface area contributed by atoms with E-state index in [4.69, 9.17) is 9.26 Å². The second-order valence-electron chi connectivity index (χ2n) is 8.73. The summed E-state index contributed by atoms with van der Waals surface area (Å²) in [5, 5.41) is 9.23. The van der Waals surface area contributed by atoms with Gasteiger partial charge in [-0.3, -0.25) is 9.59 Å². The summed E-state index contributed by atoms with van der Waals surface area (Å²) in [4.78, 5) is 34.3. The first-order valence-electron chi connectivity index (χ1n) is 12.0. The normalized spacial score (nSPS) is 13.8. The molecule has 3 aromatic heterocycles. The molecule has 1 amide bonds. The molecule has 0 spiro atoms. The van der Waals surface area contributed by atoms with Crippen molar-refractivity contribution in [1.82, 2.24) is 24.8 Å². The van der Waals surface area contributed by atoms with Gasteiger partial charge in [-0.2, -0.15) is 5.10 Å². The molecule has 4 heterocycles. The quantitative estimate of drug-likeness (QED) is 0.391. The van der Waals surface area contributed by atoms with Crippen LogP contribution < -0.4 is 15.2 Å². The summed E-state index contributed by atoms with van der Waals surface area (Å²) in [6.45, 7) is 4.87. The predicted molar refractivity (Wildman–Crippen MR) is 135 cm³/mol. The van der Waals surface area contributed by atoms with Crippen LogP contribution in [0.3, 0.4) is 0 Å². The van der Waals surface area contributed by atoms with Gasteiger partial charge in [0.25, 0.3) is 5.56 Å². The molecule has 0 atom stereocenters. The average Bonchev–Trinajstić information content (AvgIpc) is 3.32. The summed E-state index contributed by atoms with van der Waals surface area (Å²) in [6, 6.07) is 13.3. The van der Waals surface area contributed by atoms with Crippen LogP contribution in [0.1, 0.15) is 18.6 Å². The number of piperazine rings is 1. The summed E-state index contributed by atoms with van der Waals surface area (Å²) in [7, 11) is 1.61. The van der Waals surface area contributed by atoms with E-state index in [1.54, 1.807) is 20.2 Å². The van der Waals surface area contributed by atoms with Crippen LogP contribution in [0, 0.1) is 6.92 Å². The van der Waals surface area contributed by atoms with Crippen molar-refractivity contribution in [2.45, 2.75) is 26.3 Å². The molecule has 0 saturated carbocycles. The monoisotopic (exact) mass is 488 g/mol. The minimum absolute atomic E-state index is 0.0810. The predicted octanol–water partition coefficient (Wildman–Crippen LogP) is 2.89. The number of amides is 1. The Morgan fingerprint density at radius 3 is 2.56 bits per heavy atom.